The maximum Gasteiger partial charge on any atom is 0.254 e. The van der Waals surface area contributed by atoms with Crippen molar-refractivity contribution in [3.05, 3.63) is 118 Å². The third kappa shape index (κ3) is 3.03. The van der Waals surface area contributed by atoms with Crippen molar-refractivity contribution in [3.63, 3.8) is 0 Å². The van der Waals surface area contributed by atoms with Gasteiger partial charge < -0.3 is 9.30 Å². The molecule has 6 nitrogen and oxygen atoms in total. The van der Waals surface area contributed by atoms with Crippen molar-refractivity contribution in [1.29, 1.82) is 0 Å². The van der Waals surface area contributed by atoms with Gasteiger partial charge in [0.25, 0.3) is 11.8 Å². The summed E-state index contributed by atoms with van der Waals surface area (Å²) in [6.07, 6.45) is 1.65. The van der Waals surface area contributed by atoms with Crippen LogP contribution in [0.25, 0.3) is 5.69 Å². The molecule has 1 aliphatic heterocycles. The predicted octanol–water partition coefficient (Wildman–Crippen LogP) is 5.33. The van der Waals surface area contributed by atoms with Gasteiger partial charge in [-0.15, -0.1) is 0 Å². The molecule has 0 unspecified atom stereocenters. The van der Waals surface area contributed by atoms with Gasteiger partial charge in [-0.2, -0.15) is 10.1 Å². The lowest BCUT2D eigenvalue weighted by Gasteiger charge is -2.45. The van der Waals surface area contributed by atoms with Crippen molar-refractivity contribution in [2.75, 3.05) is 7.11 Å². The van der Waals surface area contributed by atoms with Crippen molar-refractivity contribution >= 4 is 18.0 Å². The summed E-state index contributed by atoms with van der Waals surface area (Å²) >= 11 is 0. The predicted molar refractivity (Wildman–Crippen MR) is 145 cm³/mol. The lowest BCUT2D eigenvalue weighted by atomic mass is 9.55. The van der Waals surface area contributed by atoms with Crippen LogP contribution in [0.4, 0.5) is 0 Å². The molecule has 4 aliphatic rings. The number of hydrogen-bond donors (Lipinski definition) is 0. The number of benzene rings is 3. The Morgan fingerprint density at radius 3 is 1.74 bits per heavy atom. The van der Waals surface area contributed by atoms with Crippen LogP contribution in [0.3, 0.4) is 0 Å². The fourth-order valence-corrected chi connectivity index (χ4v) is 6.94. The van der Waals surface area contributed by atoms with Gasteiger partial charge >= 0.3 is 0 Å². The molecular weight excluding hydrogens is 474 g/mol. The minimum atomic E-state index is -0.429. The molecular formula is C32H27N3O3. The summed E-state index contributed by atoms with van der Waals surface area (Å²) < 4.78 is 7.41. The molecule has 0 N–H and O–H groups in total. The largest absolute Gasteiger partial charge is 0.497 e. The van der Waals surface area contributed by atoms with Crippen LogP contribution >= 0.6 is 0 Å². The summed E-state index contributed by atoms with van der Waals surface area (Å²) in [5.41, 5.74) is 8.52. The number of hydrazone groups is 1. The summed E-state index contributed by atoms with van der Waals surface area (Å²) in [6.45, 7) is 4.04. The summed E-state index contributed by atoms with van der Waals surface area (Å²) in [5.74, 6) is -0.743. The van der Waals surface area contributed by atoms with Crippen LogP contribution in [-0.2, 0) is 9.59 Å². The number of aryl methyl sites for hydroxylation is 1. The number of rotatable bonds is 4. The van der Waals surface area contributed by atoms with E-state index in [4.69, 9.17) is 4.74 Å². The molecule has 0 spiro atoms. The maximum absolute atomic E-state index is 13.8. The minimum absolute atomic E-state index is 0.130. The maximum atomic E-state index is 13.8. The summed E-state index contributed by atoms with van der Waals surface area (Å²) in [4.78, 5) is 27.6. The average molecular weight is 502 g/mol. The number of aromatic nitrogens is 1. The molecule has 2 atom stereocenters. The topological polar surface area (TPSA) is 63.9 Å². The number of methoxy groups -OCH3 is 1. The highest BCUT2D eigenvalue weighted by molar-refractivity contribution is 6.08. The first-order valence-electron chi connectivity index (χ1n) is 12.9. The fourth-order valence-electron chi connectivity index (χ4n) is 6.94. The van der Waals surface area contributed by atoms with Gasteiger partial charge in [-0.3, -0.25) is 9.59 Å². The van der Waals surface area contributed by atoms with Crippen LogP contribution < -0.4 is 4.74 Å². The Hall–Kier alpha value is -4.45. The Morgan fingerprint density at radius 1 is 0.763 bits per heavy atom. The number of ether oxygens (including phenoxy) is 1. The molecule has 3 aromatic carbocycles. The van der Waals surface area contributed by atoms with E-state index in [2.05, 4.69) is 33.9 Å². The zero-order valence-electron chi connectivity index (χ0n) is 21.5. The molecule has 188 valence electrons. The summed E-state index contributed by atoms with van der Waals surface area (Å²) in [7, 11) is 1.65. The smallest absolute Gasteiger partial charge is 0.254 e. The monoisotopic (exact) mass is 501 g/mol. The molecule has 6 heteroatoms. The van der Waals surface area contributed by atoms with Gasteiger partial charge in [-0.1, -0.05) is 48.5 Å². The molecule has 1 aromatic heterocycles. The van der Waals surface area contributed by atoms with E-state index in [1.54, 1.807) is 13.3 Å². The first-order chi connectivity index (χ1) is 18.5. The zero-order chi connectivity index (χ0) is 26.1. The van der Waals surface area contributed by atoms with E-state index in [1.807, 2.05) is 68.4 Å². The first-order valence-corrected chi connectivity index (χ1v) is 12.9. The van der Waals surface area contributed by atoms with E-state index in [-0.39, 0.29) is 23.7 Å². The van der Waals surface area contributed by atoms with Crippen LogP contribution in [0.15, 0.2) is 84.0 Å². The van der Waals surface area contributed by atoms with Crippen molar-refractivity contribution in [3.8, 4) is 11.4 Å². The molecule has 2 amide bonds. The van der Waals surface area contributed by atoms with E-state index in [0.29, 0.717) is 0 Å². The molecule has 8 rings (SSSR count). The standard InChI is InChI=1S/C32H27N3O3/c1-18-16-20(19(2)34(18)21-12-14-22(38-3)15-13-21)17-33-35-31(36)29-27-23-8-4-5-9-24(23)28(30(29)32(35)37)26-11-7-6-10-25(26)27/h4-17,27-30H,1-3H3/b33-17-/t27?,28?,29-,30-/m0/s1. The van der Waals surface area contributed by atoms with Crippen LogP contribution in [-0.4, -0.2) is 34.7 Å². The summed E-state index contributed by atoms with van der Waals surface area (Å²) in [6, 6.07) is 26.4. The Morgan fingerprint density at radius 2 is 1.26 bits per heavy atom. The van der Waals surface area contributed by atoms with Crippen LogP contribution in [0.1, 0.15) is 51.0 Å². The van der Waals surface area contributed by atoms with Gasteiger partial charge in [0.2, 0.25) is 0 Å². The van der Waals surface area contributed by atoms with Gasteiger partial charge in [-0.25, -0.2) is 0 Å². The molecule has 38 heavy (non-hydrogen) atoms. The van der Waals surface area contributed by atoms with Crippen molar-refractivity contribution < 1.29 is 14.3 Å². The number of hydrogen-bond acceptors (Lipinski definition) is 4. The van der Waals surface area contributed by atoms with Gasteiger partial charge in [-0.05, 0) is 66.4 Å². The Balaban J connectivity index is 1.25. The fraction of sp³-hybridized carbons (Fsp3) is 0.219. The van der Waals surface area contributed by atoms with Crippen molar-refractivity contribution in [2.45, 2.75) is 25.7 Å². The van der Waals surface area contributed by atoms with E-state index in [9.17, 15) is 9.59 Å². The lowest BCUT2D eigenvalue weighted by Crippen LogP contribution is -2.41. The highest BCUT2D eigenvalue weighted by Gasteiger charge is 2.61. The van der Waals surface area contributed by atoms with E-state index < -0.39 is 11.8 Å². The third-order valence-corrected chi connectivity index (χ3v) is 8.54. The SMILES string of the molecule is COc1ccc(-n2c(C)cc(/C=N\N3C(=O)[C@H]4C5c6ccccc6C(c6ccccc65)[C@@H]4C3=O)c2C)cc1. The first kappa shape index (κ1) is 22.7. The molecule has 1 saturated heterocycles. The second-order valence-electron chi connectivity index (χ2n) is 10.4. The van der Waals surface area contributed by atoms with Gasteiger partial charge in [0, 0.05) is 34.5 Å². The number of carbonyl (C=O) groups is 2. The number of imide groups is 1. The van der Waals surface area contributed by atoms with Crippen LogP contribution in [0.5, 0.6) is 5.75 Å². The van der Waals surface area contributed by atoms with E-state index >= 15 is 0 Å². The zero-order valence-corrected chi connectivity index (χ0v) is 21.5. The molecule has 0 radical (unpaired) electrons. The van der Waals surface area contributed by atoms with Gasteiger partial charge in [0.1, 0.15) is 5.75 Å². The molecule has 2 heterocycles. The highest BCUT2D eigenvalue weighted by atomic mass is 16.5. The molecule has 3 aliphatic carbocycles. The van der Waals surface area contributed by atoms with Crippen LogP contribution in [0.2, 0.25) is 0 Å². The molecule has 2 bridgehead atoms. The minimum Gasteiger partial charge on any atom is -0.497 e. The lowest BCUT2D eigenvalue weighted by molar-refractivity contribution is -0.139. The van der Waals surface area contributed by atoms with Gasteiger partial charge in [0.15, 0.2) is 0 Å². The molecule has 1 fully saturated rings. The van der Waals surface area contributed by atoms with Gasteiger partial charge in [0.05, 0.1) is 25.2 Å². The molecule has 4 aromatic rings. The number of amides is 2. The Kier molecular flexibility index (Phi) is 4.95. The van der Waals surface area contributed by atoms with Crippen LogP contribution in [0, 0.1) is 25.7 Å². The Labute approximate surface area is 221 Å². The second-order valence-corrected chi connectivity index (χ2v) is 10.4. The highest BCUT2D eigenvalue weighted by Crippen LogP contribution is 2.60. The van der Waals surface area contributed by atoms with E-state index in [1.165, 1.54) is 0 Å². The third-order valence-electron chi connectivity index (χ3n) is 8.54. The normalized spacial score (nSPS) is 23.1. The number of carbonyl (C=O) groups excluding carboxylic acids is 2. The Bertz CT molecular complexity index is 1530. The quantitative estimate of drug-likeness (QED) is 0.281. The molecule has 0 saturated carbocycles. The van der Waals surface area contributed by atoms with E-state index in [0.717, 1.165) is 55.7 Å². The second kappa shape index (κ2) is 8.28. The van der Waals surface area contributed by atoms with Crippen molar-refractivity contribution in [2.24, 2.45) is 16.9 Å². The average Bonchev–Trinajstić information content (AvgIpc) is 3.38. The summed E-state index contributed by atoms with van der Waals surface area (Å²) in [5, 5.41) is 5.65. The number of nitrogens with zero attached hydrogens (tertiary/aromatic N) is 3. The van der Waals surface area contributed by atoms with Crippen molar-refractivity contribution in [1.82, 2.24) is 9.58 Å².